The van der Waals surface area contributed by atoms with Crippen molar-refractivity contribution in [2.45, 2.75) is 31.1 Å². The quantitative estimate of drug-likeness (QED) is 0.552. The van der Waals surface area contributed by atoms with Crippen LogP contribution in [0.2, 0.25) is 0 Å². The Morgan fingerprint density at radius 1 is 1.00 bits per heavy atom. The van der Waals surface area contributed by atoms with Gasteiger partial charge in [0.2, 0.25) is 10.0 Å². The van der Waals surface area contributed by atoms with Gasteiger partial charge in [-0.25, -0.2) is 18.4 Å². The van der Waals surface area contributed by atoms with Crippen LogP contribution < -0.4 is 4.90 Å². The van der Waals surface area contributed by atoms with Gasteiger partial charge in [0, 0.05) is 49.7 Å². The fraction of sp³-hybridized carbons (Fsp3) is 0.435. The highest BCUT2D eigenvalue weighted by Gasteiger charge is 2.28. The average molecular weight is 486 g/mol. The number of amides is 1. The van der Waals surface area contributed by atoms with Crippen LogP contribution >= 0.6 is 11.3 Å². The van der Waals surface area contributed by atoms with Crippen molar-refractivity contribution in [2.75, 3.05) is 44.2 Å². The lowest BCUT2D eigenvalue weighted by Crippen LogP contribution is -2.49. The van der Waals surface area contributed by atoms with Crippen molar-refractivity contribution in [3.63, 3.8) is 0 Å². The molecule has 0 spiro atoms. The first-order valence-corrected chi connectivity index (χ1v) is 13.6. The van der Waals surface area contributed by atoms with Gasteiger partial charge in [-0.15, -0.1) is 11.3 Å². The minimum atomic E-state index is -3.47. The molecule has 2 saturated heterocycles. The second-order valence-electron chi connectivity index (χ2n) is 8.40. The van der Waals surface area contributed by atoms with E-state index in [0.717, 1.165) is 35.3 Å². The van der Waals surface area contributed by atoms with Crippen molar-refractivity contribution in [1.29, 1.82) is 0 Å². The number of hydrogen-bond donors (Lipinski definition) is 0. The highest BCUT2D eigenvalue weighted by molar-refractivity contribution is 7.89. The molecule has 2 aliphatic heterocycles. The molecule has 0 radical (unpaired) electrons. The van der Waals surface area contributed by atoms with E-state index in [1.165, 1.54) is 9.18 Å². The van der Waals surface area contributed by atoms with Crippen LogP contribution in [0, 0.1) is 0 Å². The molecule has 0 bridgehead atoms. The van der Waals surface area contributed by atoms with Crippen molar-refractivity contribution >= 4 is 43.3 Å². The molecular weight excluding hydrogens is 458 g/mol. The summed E-state index contributed by atoms with van der Waals surface area (Å²) in [5.41, 5.74) is 0.513. The van der Waals surface area contributed by atoms with E-state index < -0.39 is 10.0 Å². The molecule has 2 aromatic heterocycles. The van der Waals surface area contributed by atoms with E-state index in [2.05, 4.69) is 27.9 Å². The molecule has 174 valence electrons. The molecule has 3 aromatic rings. The van der Waals surface area contributed by atoms with Crippen LogP contribution in [-0.4, -0.2) is 72.8 Å². The number of aromatic nitrogens is 2. The van der Waals surface area contributed by atoms with Crippen LogP contribution in [0.1, 0.15) is 35.0 Å². The molecule has 5 rings (SSSR count). The summed E-state index contributed by atoms with van der Waals surface area (Å²) in [6.07, 6.45) is 4.38. The zero-order chi connectivity index (χ0) is 23.0. The van der Waals surface area contributed by atoms with Gasteiger partial charge in [0.1, 0.15) is 17.0 Å². The topological polar surface area (TPSA) is 86.7 Å². The van der Waals surface area contributed by atoms with Gasteiger partial charge in [0.25, 0.3) is 5.91 Å². The van der Waals surface area contributed by atoms with Crippen molar-refractivity contribution < 1.29 is 13.2 Å². The zero-order valence-corrected chi connectivity index (χ0v) is 20.2. The van der Waals surface area contributed by atoms with Crippen LogP contribution in [0.4, 0.5) is 5.82 Å². The molecule has 33 heavy (non-hydrogen) atoms. The normalized spacial score (nSPS) is 17.7. The molecule has 1 amide bonds. The first kappa shape index (κ1) is 22.2. The van der Waals surface area contributed by atoms with E-state index in [1.807, 2.05) is 4.90 Å². The van der Waals surface area contributed by atoms with E-state index >= 15 is 0 Å². The summed E-state index contributed by atoms with van der Waals surface area (Å²) in [6, 6.07) is 8.53. The highest BCUT2D eigenvalue weighted by atomic mass is 32.2. The number of hydrogen-bond acceptors (Lipinski definition) is 7. The average Bonchev–Trinajstić information content (AvgIpc) is 3.54. The number of rotatable bonds is 5. The van der Waals surface area contributed by atoms with E-state index in [-0.39, 0.29) is 10.8 Å². The Hall–Kier alpha value is -2.56. The van der Waals surface area contributed by atoms with Crippen molar-refractivity contribution in [1.82, 2.24) is 19.2 Å². The predicted molar refractivity (Wildman–Crippen MR) is 129 cm³/mol. The third kappa shape index (κ3) is 4.22. The molecule has 0 unspecified atom stereocenters. The van der Waals surface area contributed by atoms with E-state index in [4.69, 9.17) is 0 Å². The molecule has 0 N–H and O–H groups in total. The molecule has 10 heteroatoms. The van der Waals surface area contributed by atoms with Gasteiger partial charge in [0.05, 0.1) is 10.3 Å². The van der Waals surface area contributed by atoms with Gasteiger partial charge < -0.3 is 9.80 Å². The third-order valence-corrected chi connectivity index (χ3v) is 9.48. The van der Waals surface area contributed by atoms with Gasteiger partial charge in [-0.1, -0.05) is 6.92 Å². The monoisotopic (exact) mass is 485 g/mol. The standard InChI is InChI=1S/C23H27N5O3S2/c1-2-18-15-20-21(24-16-25-22(20)32-18)26-11-13-27(14-12-26)23(29)17-5-7-19(8-6-17)33(30,31)28-9-3-4-10-28/h5-8,15-16H,2-4,9-14H2,1H3. The number of anilines is 1. The van der Waals surface area contributed by atoms with Gasteiger partial charge in [-0.05, 0) is 49.6 Å². The largest absolute Gasteiger partial charge is 0.352 e. The van der Waals surface area contributed by atoms with Crippen LogP contribution in [0.25, 0.3) is 10.2 Å². The van der Waals surface area contributed by atoms with Gasteiger partial charge in [-0.2, -0.15) is 4.31 Å². The molecule has 2 fully saturated rings. The number of aryl methyl sites for hydroxylation is 1. The number of carbonyl (C=O) groups excluding carboxylic acids is 1. The molecular formula is C23H27N5O3S2. The Balaban J connectivity index is 1.26. The van der Waals surface area contributed by atoms with Crippen molar-refractivity contribution in [3.8, 4) is 0 Å². The molecule has 0 saturated carbocycles. The summed E-state index contributed by atoms with van der Waals surface area (Å²) >= 11 is 1.70. The predicted octanol–water partition coefficient (Wildman–Crippen LogP) is 3.00. The zero-order valence-electron chi connectivity index (χ0n) is 18.6. The summed E-state index contributed by atoms with van der Waals surface area (Å²) in [5.74, 6) is 0.857. The molecule has 8 nitrogen and oxygen atoms in total. The second-order valence-corrected chi connectivity index (χ2v) is 11.5. The second kappa shape index (κ2) is 9.00. The van der Waals surface area contributed by atoms with Gasteiger partial charge in [-0.3, -0.25) is 4.79 Å². The van der Waals surface area contributed by atoms with Crippen molar-refractivity contribution in [2.24, 2.45) is 0 Å². The number of carbonyl (C=O) groups is 1. The molecule has 0 aliphatic carbocycles. The van der Waals surface area contributed by atoms with Gasteiger partial charge >= 0.3 is 0 Å². The Kier molecular flexibility index (Phi) is 6.07. The Morgan fingerprint density at radius 3 is 2.36 bits per heavy atom. The Labute approximate surface area is 197 Å². The summed E-state index contributed by atoms with van der Waals surface area (Å²) in [5, 5.41) is 1.08. The first-order chi connectivity index (χ1) is 16.0. The van der Waals surface area contributed by atoms with E-state index in [9.17, 15) is 13.2 Å². The summed E-state index contributed by atoms with van der Waals surface area (Å²) in [7, 11) is -3.47. The summed E-state index contributed by atoms with van der Waals surface area (Å²) in [4.78, 5) is 28.6. The SMILES string of the molecule is CCc1cc2c(N3CCN(C(=O)c4ccc(S(=O)(=O)N5CCCC5)cc4)CC3)ncnc2s1. The van der Waals surface area contributed by atoms with Crippen LogP contribution in [0.15, 0.2) is 41.6 Å². The number of thiophene rings is 1. The lowest BCUT2D eigenvalue weighted by molar-refractivity contribution is 0.0746. The molecule has 4 heterocycles. The van der Waals surface area contributed by atoms with Crippen LogP contribution in [0.5, 0.6) is 0 Å². The molecule has 2 aliphatic rings. The molecule has 1 aromatic carbocycles. The van der Waals surface area contributed by atoms with E-state index in [0.29, 0.717) is 44.8 Å². The number of piperazine rings is 1. The lowest BCUT2D eigenvalue weighted by atomic mass is 10.2. The van der Waals surface area contributed by atoms with Gasteiger partial charge in [0.15, 0.2) is 0 Å². The number of fused-ring (bicyclic) bond motifs is 1. The number of nitrogens with zero attached hydrogens (tertiary/aromatic N) is 5. The van der Waals surface area contributed by atoms with Crippen LogP contribution in [-0.2, 0) is 16.4 Å². The highest BCUT2D eigenvalue weighted by Crippen LogP contribution is 2.31. The minimum Gasteiger partial charge on any atom is -0.352 e. The number of benzene rings is 1. The maximum atomic E-state index is 13.0. The lowest BCUT2D eigenvalue weighted by Gasteiger charge is -2.35. The third-order valence-electron chi connectivity index (χ3n) is 6.38. The Bertz CT molecular complexity index is 1260. The maximum absolute atomic E-state index is 13.0. The smallest absolute Gasteiger partial charge is 0.253 e. The number of sulfonamides is 1. The maximum Gasteiger partial charge on any atom is 0.253 e. The first-order valence-electron chi connectivity index (χ1n) is 11.3. The molecule has 0 atom stereocenters. The van der Waals surface area contributed by atoms with E-state index in [1.54, 1.807) is 41.9 Å². The van der Waals surface area contributed by atoms with Crippen molar-refractivity contribution in [3.05, 3.63) is 47.1 Å². The van der Waals surface area contributed by atoms with Crippen LogP contribution in [0.3, 0.4) is 0 Å². The summed E-state index contributed by atoms with van der Waals surface area (Å²) in [6.45, 7) is 5.82. The minimum absolute atomic E-state index is 0.0728. The Morgan fingerprint density at radius 2 is 1.70 bits per heavy atom. The fourth-order valence-corrected chi connectivity index (χ4v) is 6.92. The summed E-state index contributed by atoms with van der Waals surface area (Å²) < 4.78 is 27.0. The fourth-order valence-electron chi connectivity index (χ4n) is 4.47.